The minimum absolute atomic E-state index is 0.0766. The van der Waals surface area contributed by atoms with Gasteiger partial charge in [-0.15, -0.1) is 9.81 Å². The summed E-state index contributed by atoms with van der Waals surface area (Å²) in [6, 6.07) is 16.3. The highest BCUT2D eigenvalue weighted by atomic mass is 32.1. The fraction of sp³-hybridized carbons (Fsp3) is 0.208. The van der Waals surface area contributed by atoms with Crippen molar-refractivity contribution in [1.29, 1.82) is 0 Å². The smallest absolute Gasteiger partial charge is 0.268 e. The van der Waals surface area contributed by atoms with Crippen molar-refractivity contribution in [3.05, 3.63) is 98.8 Å². The number of nitrogens with zero attached hydrogens (tertiary/aromatic N) is 7. The van der Waals surface area contributed by atoms with Crippen molar-refractivity contribution in [2.45, 2.75) is 25.6 Å². The van der Waals surface area contributed by atoms with Gasteiger partial charge in [0.2, 0.25) is 0 Å². The number of benzene rings is 1. The maximum atomic E-state index is 11.6. The Morgan fingerprint density at radius 1 is 0.868 bits per heavy atom. The van der Waals surface area contributed by atoms with Gasteiger partial charge in [0.1, 0.15) is 11.4 Å². The van der Waals surface area contributed by atoms with Crippen LogP contribution in [0.2, 0.25) is 0 Å². The molecule has 0 radical (unpaired) electrons. The van der Waals surface area contributed by atoms with Crippen molar-refractivity contribution in [3.63, 3.8) is 0 Å². The third-order valence-corrected chi connectivity index (χ3v) is 5.52. The van der Waals surface area contributed by atoms with Gasteiger partial charge in [-0.25, -0.2) is 20.0 Å². The Kier molecular flexibility index (Phi) is 10.3. The van der Waals surface area contributed by atoms with Crippen LogP contribution in [0.4, 0.5) is 5.69 Å². The normalized spacial score (nSPS) is 11.6. The van der Waals surface area contributed by atoms with Crippen LogP contribution in [0, 0.1) is 9.81 Å². The number of hydrogen-bond acceptors (Lipinski definition) is 12. The van der Waals surface area contributed by atoms with Gasteiger partial charge in [0, 0.05) is 22.9 Å². The number of nitrogens with two attached hydrogens (primary N) is 2. The molecule has 3 aromatic rings. The van der Waals surface area contributed by atoms with Crippen molar-refractivity contribution < 1.29 is 9.59 Å². The predicted molar refractivity (Wildman–Crippen MR) is 142 cm³/mol. The first-order valence-electron chi connectivity index (χ1n) is 11.2. The van der Waals surface area contributed by atoms with Gasteiger partial charge in [-0.2, -0.15) is 4.99 Å². The lowest BCUT2D eigenvalue weighted by Gasteiger charge is -2.31. The summed E-state index contributed by atoms with van der Waals surface area (Å²) in [5.74, 6) is 10.8. The second-order valence-corrected chi connectivity index (χ2v) is 8.33. The number of amides is 2. The number of nitroso groups, excluding NO2 is 2. The van der Waals surface area contributed by atoms with Crippen molar-refractivity contribution in [3.8, 4) is 0 Å². The van der Waals surface area contributed by atoms with Crippen LogP contribution >= 0.6 is 12.2 Å². The molecule has 0 aliphatic rings. The SMILES string of the molecule is NN(Cc1cccc(C(=O)N=O)n1)CC(Cc1ccc(N=C=S)cc1)N(N)Cc1cccc(C(=O)N=O)n1. The number of aliphatic imine (C=N–C) groups is 1. The number of pyridine rings is 2. The van der Waals surface area contributed by atoms with E-state index in [1.165, 1.54) is 22.2 Å². The number of hydrogen-bond donors (Lipinski definition) is 2. The molecular weight excluding hydrogens is 510 g/mol. The van der Waals surface area contributed by atoms with Gasteiger partial charge >= 0.3 is 11.8 Å². The molecular formula is C24H23N9O4S. The van der Waals surface area contributed by atoms with Crippen LogP contribution in [-0.4, -0.2) is 49.5 Å². The molecule has 14 heteroatoms. The maximum Gasteiger partial charge on any atom is 0.334 e. The molecule has 0 saturated carbocycles. The molecule has 13 nitrogen and oxygen atoms in total. The van der Waals surface area contributed by atoms with E-state index < -0.39 is 11.8 Å². The quantitative estimate of drug-likeness (QED) is 0.114. The van der Waals surface area contributed by atoms with Crippen molar-refractivity contribution >= 4 is 34.9 Å². The molecule has 0 aliphatic heterocycles. The largest absolute Gasteiger partial charge is 0.334 e. The van der Waals surface area contributed by atoms with Gasteiger partial charge in [-0.1, -0.05) is 24.3 Å². The summed E-state index contributed by atoms with van der Waals surface area (Å²) >= 11 is 4.64. The lowest BCUT2D eigenvalue weighted by Crippen LogP contribution is -2.50. The van der Waals surface area contributed by atoms with Crippen LogP contribution in [0.3, 0.4) is 0 Å². The van der Waals surface area contributed by atoms with Crippen LogP contribution in [0.5, 0.6) is 0 Å². The molecule has 2 aromatic heterocycles. The summed E-state index contributed by atoms with van der Waals surface area (Å²) < 4.78 is 0. The summed E-state index contributed by atoms with van der Waals surface area (Å²) in [7, 11) is 0. The van der Waals surface area contributed by atoms with Crippen LogP contribution in [0.25, 0.3) is 0 Å². The van der Waals surface area contributed by atoms with Crippen molar-refractivity contribution in [2.24, 2.45) is 27.0 Å². The Morgan fingerprint density at radius 2 is 1.42 bits per heavy atom. The zero-order valence-electron chi connectivity index (χ0n) is 20.0. The van der Waals surface area contributed by atoms with Crippen molar-refractivity contribution in [1.82, 2.24) is 20.0 Å². The van der Waals surface area contributed by atoms with E-state index in [-0.39, 0.29) is 37.1 Å². The van der Waals surface area contributed by atoms with E-state index in [1.807, 2.05) is 12.1 Å². The molecule has 194 valence electrons. The Labute approximate surface area is 222 Å². The summed E-state index contributed by atoms with van der Waals surface area (Å²) in [6.45, 7) is 0.551. The van der Waals surface area contributed by atoms with E-state index in [9.17, 15) is 19.4 Å². The number of hydrazine groups is 2. The average Bonchev–Trinajstić information content (AvgIpc) is 2.93. The highest BCUT2D eigenvalue weighted by Gasteiger charge is 2.21. The van der Waals surface area contributed by atoms with Crippen molar-refractivity contribution in [2.75, 3.05) is 6.54 Å². The molecule has 3 rings (SSSR count). The summed E-state index contributed by atoms with van der Waals surface area (Å²) in [4.78, 5) is 56.6. The van der Waals surface area contributed by atoms with Gasteiger partial charge < -0.3 is 0 Å². The highest BCUT2D eigenvalue weighted by molar-refractivity contribution is 7.78. The summed E-state index contributed by atoms with van der Waals surface area (Å²) in [5, 5.41) is 10.1. The molecule has 1 unspecified atom stereocenters. The number of rotatable bonds is 12. The molecule has 0 bridgehead atoms. The third-order valence-electron chi connectivity index (χ3n) is 5.42. The van der Waals surface area contributed by atoms with E-state index in [0.29, 0.717) is 23.5 Å². The van der Waals surface area contributed by atoms with E-state index in [0.717, 1.165) is 5.56 Å². The lowest BCUT2D eigenvalue weighted by molar-refractivity contribution is 0.0986. The first-order chi connectivity index (χ1) is 18.3. The number of aromatic nitrogens is 2. The van der Waals surface area contributed by atoms with Crippen LogP contribution < -0.4 is 11.7 Å². The zero-order valence-corrected chi connectivity index (χ0v) is 20.8. The van der Waals surface area contributed by atoms with E-state index in [1.54, 1.807) is 36.4 Å². The Balaban J connectivity index is 1.79. The average molecular weight is 534 g/mol. The Morgan fingerprint density at radius 3 is 1.95 bits per heavy atom. The van der Waals surface area contributed by atoms with Crippen LogP contribution in [-0.2, 0) is 19.5 Å². The molecule has 4 N–H and O–H groups in total. The van der Waals surface area contributed by atoms with E-state index >= 15 is 0 Å². The molecule has 2 heterocycles. The standard InChI is InChI=1S/C24H23N9O4S/c25-32(12-18-3-1-5-21(28-18)23(34)30-36)14-20(11-16-7-9-17(10-8-16)27-15-38)33(26)13-19-4-2-6-22(29-19)24(35)31-37/h1-10,20H,11-14,25-26H2. The number of isothiocyanates is 1. The first-order valence-corrected chi connectivity index (χ1v) is 11.6. The molecule has 0 fully saturated rings. The number of thiocarbonyl (C=S) groups is 1. The van der Waals surface area contributed by atoms with Crippen LogP contribution in [0.1, 0.15) is 37.9 Å². The Bertz CT molecular complexity index is 1360. The van der Waals surface area contributed by atoms with Gasteiger partial charge in [0.25, 0.3) is 0 Å². The van der Waals surface area contributed by atoms with Crippen LogP contribution in [0.15, 0.2) is 76.0 Å². The zero-order chi connectivity index (χ0) is 27.5. The van der Waals surface area contributed by atoms with Gasteiger partial charge in [0.15, 0.2) is 0 Å². The minimum Gasteiger partial charge on any atom is -0.268 e. The predicted octanol–water partition coefficient (Wildman–Crippen LogP) is 2.69. The second kappa shape index (κ2) is 13.9. The molecule has 38 heavy (non-hydrogen) atoms. The molecule has 0 aliphatic carbocycles. The maximum absolute atomic E-state index is 11.6. The van der Waals surface area contributed by atoms with E-state index in [4.69, 9.17) is 11.7 Å². The van der Waals surface area contributed by atoms with E-state index in [2.05, 4.69) is 42.7 Å². The fourth-order valence-corrected chi connectivity index (χ4v) is 3.75. The first kappa shape index (κ1) is 28.3. The topological polar surface area (TPSA) is 190 Å². The highest BCUT2D eigenvalue weighted by Crippen LogP contribution is 2.16. The summed E-state index contributed by atoms with van der Waals surface area (Å²) in [6.07, 6.45) is 0.474. The lowest BCUT2D eigenvalue weighted by atomic mass is 10.0. The minimum atomic E-state index is -0.975. The molecule has 2 amide bonds. The molecule has 1 atom stereocenters. The summed E-state index contributed by atoms with van der Waals surface area (Å²) in [5.41, 5.74) is 2.35. The fourth-order valence-electron chi connectivity index (χ4n) is 3.64. The van der Waals surface area contributed by atoms with Gasteiger partial charge in [-0.05, 0) is 60.6 Å². The molecule has 0 spiro atoms. The second-order valence-electron chi connectivity index (χ2n) is 8.15. The van der Waals surface area contributed by atoms with Gasteiger partial charge in [-0.3, -0.25) is 21.3 Å². The molecule has 0 saturated heterocycles. The number of carbonyl (C=O) groups is 2. The Hall–Kier alpha value is -4.30. The molecule has 1 aromatic carbocycles. The number of carbonyl (C=O) groups excluding carboxylic acids is 2. The van der Waals surface area contributed by atoms with Gasteiger partial charge in [0.05, 0.1) is 35.3 Å². The third kappa shape index (κ3) is 8.11. The monoisotopic (exact) mass is 533 g/mol.